The predicted molar refractivity (Wildman–Crippen MR) is 169 cm³/mol. The number of anilines is 3. The van der Waals surface area contributed by atoms with Gasteiger partial charge in [0.1, 0.15) is 11.2 Å². The summed E-state index contributed by atoms with van der Waals surface area (Å²) in [4.78, 5) is 2.00. The summed E-state index contributed by atoms with van der Waals surface area (Å²) in [5, 5.41) is 5.86. The molecule has 2 nitrogen and oxygen atoms in total. The summed E-state index contributed by atoms with van der Waals surface area (Å²) >= 11 is 0. The molecule has 2 heteroatoms. The molecule has 0 aliphatic heterocycles. The first-order chi connectivity index (χ1) is 21.5. The maximum atomic E-state index is 9.35. The van der Waals surface area contributed by atoms with Crippen LogP contribution in [0.5, 0.6) is 0 Å². The van der Waals surface area contributed by atoms with E-state index in [4.69, 9.17) is 8.53 Å². The molecule has 8 aromatic rings. The van der Waals surface area contributed by atoms with Crippen molar-refractivity contribution in [3.8, 4) is 11.1 Å². The number of hydrogen-bond donors (Lipinski definition) is 0. The van der Waals surface area contributed by atoms with E-state index in [9.17, 15) is 1.37 Å². The smallest absolute Gasteiger partial charge is 0.143 e. The van der Waals surface area contributed by atoms with E-state index in [0.29, 0.717) is 22.4 Å². The normalized spacial score (nSPS) is 12.9. The van der Waals surface area contributed by atoms with Crippen LogP contribution in [-0.2, 0) is 0 Å². The molecule has 40 heavy (non-hydrogen) atoms. The van der Waals surface area contributed by atoms with E-state index in [1.807, 2.05) is 95.9 Å². The van der Waals surface area contributed by atoms with Gasteiger partial charge in [-0.1, -0.05) is 121 Å². The predicted octanol–water partition coefficient (Wildman–Crippen LogP) is 11.0. The molecule has 8 rings (SSSR count). The Morgan fingerprint density at radius 2 is 1.18 bits per heavy atom. The zero-order valence-electron chi connectivity index (χ0n) is 25.5. The Labute approximate surface area is 238 Å². The molecule has 0 atom stereocenters. The van der Waals surface area contributed by atoms with Gasteiger partial charge in [-0.3, -0.25) is 0 Å². The average Bonchev–Trinajstić information content (AvgIpc) is 3.47. The highest BCUT2D eigenvalue weighted by Crippen LogP contribution is 2.48. The maximum Gasteiger partial charge on any atom is 0.143 e. The number of para-hydroxylation sites is 1. The second kappa shape index (κ2) is 9.14. The minimum atomic E-state index is -0.287. The molecule has 0 spiro atoms. The van der Waals surface area contributed by atoms with Crippen molar-refractivity contribution in [3.63, 3.8) is 0 Å². The Hall–Kier alpha value is -5.34. The van der Waals surface area contributed by atoms with Gasteiger partial charge in [0.05, 0.1) is 27.9 Å². The quantitative estimate of drug-likeness (QED) is 0.232. The lowest BCUT2D eigenvalue weighted by Crippen LogP contribution is -2.12. The molecule has 1 heterocycles. The highest BCUT2D eigenvalue weighted by Gasteiger charge is 2.23. The molecular weight excluding hydrogens is 486 g/mol. The van der Waals surface area contributed by atoms with E-state index in [1.54, 1.807) is 0 Å². The lowest BCUT2D eigenvalue weighted by molar-refractivity contribution is 0.672. The zero-order valence-corrected chi connectivity index (χ0v) is 21.5. The van der Waals surface area contributed by atoms with E-state index in [-0.39, 0.29) is 24.2 Å². The minimum absolute atomic E-state index is 0.0901. The van der Waals surface area contributed by atoms with Crippen molar-refractivity contribution in [1.82, 2.24) is 0 Å². The van der Waals surface area contributed by atoms with Gasteiger partial charge in [-0.25, -0.2) is 0 Å². The first kappa shape index (κ1) is 18.8. The number of nitrogens with zero attached hydrogens (tertiary/aromatic N) is 1. The van der Waals surface area contributed by atoms with Crippen molar-refractivity contribution in [2.75, 3.05) is 4.90 Å². The summed E-state index contributed by atoms with van der Waals surface area (Å²) in [7, 11) is 0. The van der Waals surface area contributed by atoms with E-state index in [0.717, 1.165) is 49.3 Å². The molecular formula is C38H25NO. The highest BCUT2D eigenvalue weighted by molar-refractivity contribution is 6.20. The van der Waals surface area contributed by atoms with Crippen molar-refractivity contribution in [3.05, 3.63) is 152 Å². The molecule has 0 fully saturated rings. The Balaban J connectivity index is 1.57. The van der Waals surface area contributed by atoms with E-state index < -0.39 is 0 Å². The molecule has 0 aliphatic carbocycles. The molecule has 0 saturated heterocycles. The van der Waals surface area contributed by atoms with Gasteiger partial charge in [-0.15, -0.1) is 0 Å². The van der Waals surface area contributed by atoms with Gasteiger partial charge >= 0.3 is 0 Å². The zero-order chi connectivity index (χ0) is 29.9. The lowest BCUT2D eigenvalue weighted by atomic mass is 9.99. The molecule has 0 unspecified atom stereocenters. The van der Waals surface area contributed by atoms with Crippen LogP contribution in [0.4, 0.5) is 17.1 Å². The van der Waals surface area contributed by atoms with E-state index in [2.05, 4.69) is 36.4 Å². The van der Waals surface area contributed by atoms with Gasteiger partial charge in [0.25, 0.3) is 0 Å². The molecule has 7 aromatic carbocycles. The molecule has 188 valence electrons. The van der Waals surface area contributed by atoms with E-state index in [1.165, 1.54) is 0 Å². The Kier molecular flexibility index (Phi) is 4.31. The van der Waals surface area contributed by atoms with Crippen molar-refractivity contribution in [1.29, 1.82) is 0 Å². The second-order valence-electron chi connectivity index (χ2n) is 9.84. The van der Waals surface area contributed by atoms with E-state index >= 15 is 0 Å². The standard InChI is InChI=1S/C38H25NO/c1-2-12-26(13-3-1)29-18-8-9-20-33(29)39(34-21-10-16-27-14-4-6-17-30(27)34)35-22-11-23-36-37(35)32-25-24-28-15-5-7-19-31(28)38(32)40-36/h1-25H/i8D,9D,18D,20D. The average molecular weight is 516 g/mol. The van der Waals surface area contributed by atoms with Crippen molar-refractivity contribution in [2.24, 2.45) is 0 Å². The lowest BCUT2D eigenvalue weighted by Gasteiger charge is -2.29. The Morgan fingerprint density at radius 1 is 0.500 bits per heavy atom. The van der Waals surface area contributed by atoms with Crippen LogP contribution in [0.3, 0.4) is 0 Å². The Bertz CT molecular complexity index is 2390. The number of fused-ring (bicyclic) bond motifs is 6. The van der Waals surface area contributed by atoms with Gasteiger partial charge in [0, 0.05) is 21.7 Å². The first-order valence-corrected chi connectivity index (χ1v) is 13.3. The molecule has 0 aliphatic rings. The molecule has 0 saturated carbocycles. The van der Waals surface area contributed by atoms with Gasteiger partial charge < -0.3 is 9.32 Å². The summed E-state index contributed by atoms with van der Waals surface area (Å²) in [6.45, 7) is 0. The number of furan rings is 1. The SMILES string of the molecule is [2H]c1c([2H])c([2H])c(N(c2cccc3ccccc23)c2cccc3oc4c5ccccc5ccc4c23)c(-c2ccccc2)c1[2H]. The van der Waals surface area contributed by atoms with Crippen LogP contribution in [0.2, 0.25) is 0 Å². The summed E-state index contributed by atoms with van der Waals surface area (Å²) < 4.78 is 42.4. The van der Waals surface area contributed by atoms with Gasteiger partial charge in [-0.05, 0) is 46.6 Å². The third kappa shape index (κ3) is 3.50. The number of rotatable bonds is 4. The van der Waals surface area contributed by atoms with Crippen LogP contribution in [-0.4, -0.2) is 0 Å². The molecule has 0 bridgehead atoms. The minimum Gasteiger partial charge on any atom is -0.455 e. The summed E-state index contributed by atoms with van der Waals surface area (Å²) in [5.41, 5.74) is 4.54. The van der Waals surface area contributed by atoms with Crippen molar-refractivity contribution < 1.29 is 9.90 Å². The van der Waals surface area contributed by atoms with Crippen molar-refractivity contribution in [2.45, 2.75) is 0 Å². The van der Waals surface area contributed by atoms with Gasteiger partial charge in [-0.2, -0.15) is 0 Å². The fourth-order valence-corrected chi connectivity index (χ4v) is 5.78. The molecule has 0 amide bonds. The third-order valence-corrected chi connectivity index (χ3v) is 7.57. The van der Waals surface area contributed by atoms with Gasteiger partial charge in [0.2, 0.25) is 0 Å². The topological polar surface area (TPSA) is 16.4 Å². The van der Waals surface area contributed by atoms with Crippen LogP contribution in [0.15, 0.2) is 156 Å². The summed E-state index contributed by atoms with van der Waals surface area (Å²) in [6, 6.07) is 41.0. The Morgan fingerprint density at radius 3 is 2.05 bits per heavy atom. The fourth-order valence-electron chi connectivity index (χ4n) is 5.78. The van der Waals surface area contributed by atoms with Crippen LogP contribution in [0.25, 0.3) is 54.6 Å². The first-order valence-electron chi connectivity index (χ1n) is 15.3. The molecule has 0 radical (unpaired) electrons. The molecule has 0 N–H and O–H groups in total. The monoisotopic (exact) mass is 515 g/mol. The number of hydrogen-bond acceptors (Lipinski definition) is 2. The number of benzene rings is 7. The molecule has 1 aromatic heterocycles. The van der Waals surface area contributed by atoms with Crippen molar-refractivity contribution >= 4 is 60.5 Å². The highest BCUT2D eigenvalue weighted by atomic mass is 16.3. The fraction of sp³-hybridized carbons (Fsp3) is 0. The summed E-state index contributed by atoms with van der Waals surface area (Å²) in [5.74, 6) is 0. The largest absolute Gasteiger partial charge is 0.455 e. The second-order valence-corrected chi connectivity index (χ2v) is 9.84. The van der Waals surface area contributed by atoms with Crippen LogP contribution in [0, 0.1) is 0 Å². The van der Waals surface area contributed by atoms with Crippen LogP contribution < -0.4 is 4.90 Å². The third-order valence-electron chi connectivity index (χ3n) is 7.57. The van der Waals surface area contributed by atoms with Crippen LogP contribution in [0.1, 0.15) is 5.48 Å². The maximum absolute atomic E-state index is 9.35. The van der Waals surface area contributed by atoms with Gasteiger partial charge in [0.15, 0.2) is 0 Å². The summed E-state index contributed by atoms with van der Waals surface area (Å²) in [6.07, 6.45) is 0. The van der Waals surface area contributed by atoms with Crippen LogP contribution >= 0.6 is 0 Å².